The van der Waals surface area contributed by atoms with Gasteiger partial charge in [-0.2, -0.15) is 4.68 Å². The van der Waals surface area contributed by atoms with E-state index < -0.39 is 0 Å². The highest BCUT2D eigenvalue weighted by Crippen LogP contribution is 2.14. The third kappa shape index (κ3) is 2.63. The standard InChI is InChI=1S/C11H14BrN5/c1-2-16(9-8-12)11-13-14-15-17(11)10-6-4-3-5-7-10/h3-7H,2,8-9H2,1H3. The van der Waals surface area contributed by atoms with Gasteiger partial charge in [-0.3, -0.25) is 0 Å². The molecule has 17 heavy (non-hydrogen) atoms. The van der Waals surface area contributed by atoms with Crippen molar-refractivity contribution in [3.63, 3.8) is 0 Å². The molecule has 0 aliphatic carbocycles. The summed E-state index contributed by atoms with van der Waals surface area (Å²) in [6.07, 6.45) is 0. The molecule has 6 heteroatoms. The molecular weight excluding hydrogens is 282 g/mol. The van der Waals surface area contributed by atoms with E-state index in [-0.39, 0.29) is 0 Å². The van der Waals surface area contributed by atoms with E-state index in [0.29, 0.717) is 0 Å². The van der Waals surface area contributed by atoms with Gasteiger partial charge in [0.2, 0.25) is 5.95 Å². The van der Waals surface area contributed by atoms with Crippen LogP contribution in [-0.4, -0.2) is 38.6 Å². The van der Waals surface area contributed by atoms with Crippen molar-refractivity contribution in [2.45, 2.75) is 6.92 Å². The molecule has 0 amide bonds. The number of para-hydroxylation sites is 1. The quantitative estimate of drug-likeness (QED) is 0.790. The van der Waals surface area contributed by atoms with Crippen molar-refractivity contribution in [3.8, 4) is 5.69 Å². The van der Waals surface area contributed by atoms with E-state index in [9.17, 15) is 0 Å². The number of rotatable bonds is 5. The van der Waals surface area contributed by atoms with Crippen LogP contribution in [0.3, 0.4) is 0 Å². The van der Waals surface area contributed by atoms with E-state index in [0.717, 1.165) is 30.1 Å². The van der Waals surface area contributed by atoms with Gasteiger partial charge in [0.05, 0.1) is 5.69 Å². The molecule has 0 saturated carbocycles. The van der Waals surface area contributed by atoms with E-state index in [1.165, 1.54) is 0 Å². The van der Waals surface area contributed by atoms with Gasteiger partial charge in [-0.1, -0.05) is 39.2 Å². The molecule has 2 rings (SSSR count). The third-order valence-electron chi connectivity index (χ3n) is 2.47. The maximum absolute atomic E-state index is 4.09. The molecule has 1 heterocycles. The summed E-state index contributed by atoms with van der Waals surface area (Å²) in [6, 6.07) is 9.90. The number of benzene rings is 1. The summed E-state index contributed by atoms with van der Waals surface area (Å²) < 4.78 is 1.76. The fourth-order valence-electron chi connectivity index (χ4n) is 1.62. The van der Waals surface area contributed by atoms with E-state index >= 15 is 0 Å². The first kappa shape index (κ1) is 12.0. The van der Waals surface area contributed by atoms with Crippen LogP contribution in [0.2, 0.25) is 0 Å². The van der Waals surface area contributed by atoms with Crippen LogP contribution < -0.4 is 4.90 Å². The van der Waals surface area contributed by atoms with E-state index in [2.05, 4.69) is 43.3 Å². The fourth-order valence-corrected chi connectivity index (χ4v) is 2.05. The number of nitrogens with zero attached hydrogens (tertiary/aromatic N) is 5. The van der Waals surface area contributed by atoms with Crippen LogP contribution in [0.25, 0.3) is 5.69 Å². The largest absolute Gasteiger partial charge is 0.339 e. The lowest BCUT2D eigenvalue weighted by Gasteiger charge is -2.19. The minimum atomic E-state index is 0.776. The Hall–Kier alpha value is -1.43. The molecule has 2 aromatic rings. The molecule has 0 saturated heterocycles. The molecule has 0 radical (unpaired) electrons. The highest BCUT2D eigenvalue weighted by Gasteiger charge is 2.13. The summed E-state index contributed by atoms with van der Waals surface area (Å²) in [5.41, 5.74) is 0.973. The predicted molar refractivity (Wildman–Crippen MR) is 70.8 cm³/mol. The lowest BCUT2D eigenvalue weighted by molar-refractivity contribution is 0.761. The Labute approximate surface area is 109 Å². The predicted octanol–water partition coefficient (Wildman–Crippen LogP) is 1.88. The first-order chi connectivity index (χ1) is 8.36. The van der Waals surface area contributed by atoms with Gasteiger partial charge in [0.25, 0.3) is 0 Å². The highest BCUT2D eigenvalue weighted by atomic mass is 79.9. The van der Waals surface area contributed by atoms with Crippen LogP contribution in [0.1, 0.15) is 6.92 Å². The van der Waals surface area contributed by atoms with Crippen molar-refractivity contribution in [1.82, 2.24) is 20.2 Å². The van der Waals surface area contributed by atoms with Gasteiger partial charge in [0.15, 0.2) is 0 Å². The maximum atomic E-state index is 4.09. The van der Waals surface area contributed by atoms with Gasteiger partial charge in [-0.05, 0) is 29.5 Å². The van der Waals surface area contributed by atoms with Crippen LogP contribution in [0.4, 0.5) is 5.95 Å². The molecule has 0 atom stereocenters. The van der Waals surface area contributed by atoms with Crippen LogP contribution in [0.5, 0.6) is 0 Å². The van der Waals surface area contributed by atoms with Gasteiger partial charge in [-0.25, -0.2) is 0 Å². The number of anilines is 1. The third-order valence-corrected chi connectivity index (χ3v) is 2.83. The monoisotopic (exact) mass is 295 g/mol. The average Bonchev–Trinajstić information content (AvgIpc) is 2.86. The number of tetrazole rings is 1. The Balaban J connectivity index is 2.34. The molecule has 0 unspecified atom stereocenters. The normalized spacial score (nSPS) is 10.5. The summed E-state index contributed by atoms with van der Waals surface area (Å²) in [6.45, 7) is 3.84. The van der Waals surface area contributed by atoms with Crippen LogP contribution in [0, 0.1) is 0 Å². The Kier molecular flexibility index (Phi) is 4.08. The first-order valence-corrected chi connectivity index (χ1v) is 6.63. The molecule has 5 nitrogen and oxygen atoms in total. The summed E-state index contributed by atoms with van der Waals surface area (Å²) in [5.74, 6) is 0.776. The Morgan fingerprint density at radius 2 is 2.06 bits per heavy atom. The molecule has 0 aliphatic heterocycles. The van der Waals surface area contributed by atoms with Crippen molar-refractivity contribution in [2.24, 2.45) is 0 Å². The lowest BCUT2D eigenvalue weighted by Crippen LogP contribution is -2.28. The smallest absolute Gasteiger partial charge is 0.250 e. The second-order valence-corrected chi connectivity index (χ2v) is 4.29. The topological polar surface area (TPSA) is 46.8 Å². The highest BCUT2D eigenvalue weighted by molar-refractivity contribution is 9.09. The second-order valence-electron chi connectivity index (χ2n) is 3.49. The second kappa shape index (κ2) is 5.77. The zero-order valence-corrected chi connectivity index (χ0v) is 11.2. The minimum Gasteiger partial charge on any atom is -0.339 e. The van der Waals surface area contributed by atoms with E-state index in [1.807, 2.05) is 30.3 Å². The Bertz CT molecular complexity index is 456. The number of hydrogen-bond acceptors (Lipinski definition) is 4. The van der Waals surface area contributed by atoms with Crippen molar-refractivity contribution < 1.29 is 0 Å². The molecule has 0 spiro atoms. The van der Waals surface area contributed by atoms with E-state index in [4.69, 9.17) is 0 Å². The molecule has 0 bridgehead atoms. The summed E-state index contributed by atoms with van der Waals surface area (Å²) in [4.78, 5) is 2.13. The van der Waals surface area contributed by atoms with Crippen LogP contribution in [0.15, 0.2) is 30.3 Å². The maximum Gasteiger partial charge on any atom is 0.250 e. The zero-order chi connectivity index (χ0) is 12.1. The van der Waals surface area contributed by atoms with Gasteiger partial charge in [-0.15, -0.1) is 0 Å². The number of aromatic nitrogens is 4. The number of halogens is 1. The number of alkyl halides is 1. The minimum absolute atomic E-state index is 0.776. The molecule has 0 aliphatic rings. The van der Waals surface area contributed by atoms with Crippen LogP contribution in [-0.2, 0) is 0 Å². The summed E-state index contributed by atoms with van der Waals surface area (Å²) in [7, 11) is 0. The van der Waals surface area contributed by atoms with Crippen LogP contribution >= 0.6 is 15.9 Å². The van der Waals surface area contributed by atoms with E-state index in [1.54, 1.807) is 4.68 Å². The molecule has 0 fully saturated rings. The average molecular weight is 296 g/mol. The van der Waals surface area contributed by atoms with Crippen molar-refractivity contribution in [2.75, 3.05) is 23.3 Å². The Morgan fingerprint density at radius 3 is 2.71 bits per heavy atom. The van der Waals surface area contributed by atoms with Gasteiger partial charge >= 0.3 is 0 Å². The lowest BCUT2D eigenvalue weighted by atomic mass is 10.3. The van der Waals surface area contributed by atoms with Crippen molar-refractivity contribution in [3.05, 3.63) is 30.3 Å². The van der Waals surface area contributed by atoms with Gasteiger partial charge in [0.1, 0.15) is 0 Å². The van der Waals surface area contributed by atoms with Crippen molar-refractivity contribution >= 4 is 21.9 Å². The SMILES string of the molecule is CCN(CCBr)c1nnnn1-c1ccccc1. The number of hydrogen-bond donors (Lipinski definition) is 0. The van der Waals surface area contributed by atoms with Gasteiger partial charge < -0.3 is 4.90 Å². The first-order valence-electron chi connectivity index (χ1n) is 5.51. The molecule has 1 aromatic heterocycles. The summed E-state index contributed by atoms with van der Waals surface area (Å²) >= 11 is 3.44. The summed E-state index contributed by atoms with van der Waals surface area (Å²) in [5, 5.41) is 12.8. The van der Waals surface area contributed by atoms with Crippen molar-refractivity contribution in [1.29, 1.82) is 0 Å². The molecular formula is C11H14BrN5. The molecule has 1 aromatic carbocycles. The molecule has 90 valence electrons. The Morgan fingerprint density at radius 1 is 1.29 bits per heavy atom. The molecule has 0 N–H and O–H groups in total. The fraction of sp³-hybridized carbons (Fsp3) is 0.364. The zero-order valence-electron chi connectivity index (χ0n) is 9.62. The van der Waals surface area contributed by atoms with Gasteiger partial charge in [0, 0.05) is 18.4 Å².